The largest absolute Gasteiger partial charge is 0.347 e. The molecule has 150 valence electrons. The van der Waals surface area contributed by atoms with Gasteiger partial charge in [0.15, 0.2) is 5.96 Å². The van der Waals surface area contributed by atoms with Crippen LogP contribution in [0.1, 0.15) is 22.3 Å². The van der Waals surface area contributed by atoms with Crippen molar-refractivity contribution in [3.63, 3.8) is 0 Å². The summed E-state index contributed by atoms with van der Waals surface area (Å²) < 4.78 is 0. The summed E-state index contributed by atoms with van der Waals surface area (Å²) in [5.41, 5.74) is 5.06. The van der Waals surface area contributed by atoms with Crippen LogP contribution in [0.25, 0.3) is 0 Å². The zero-order chi connectivity index (χ0) is 19.2. The van der Waals surface area contributed by atoms with Crippen LogP contribution >= 0.6 is 24.0 Å². The molecule has 3 rings (SSSR count). The maximum atomic E-state index is 12.6. The van der Waals surface area contributed by atoms with Crippen LogP contribution in [0.15, 0.2) is 53.5 Å². The Balaban J connectivity index is 0.00000280. The normalized spacial score (nSPS) is 13.4. The van der Waals surface area contributed by atoms with Crippen molar-refractivity contribution in [2.24, 2.45) is 4.99 Å². The molecule has 1 amide bonds. The standard InChI is InChI=1S/C22H28N4O.HI/c1-17-8-10-18(11-9-17)15-25(3)22(23-2)24-14-21(27)26-13-12-19-6-4-5-7-20(19)16-26;/h4-11H,12-16H2,1-3H3,(H,23,24);1H. The van der Waals surface area contributed by atoms with Gasteiger partial charge in [-0.1, -0.05) is 54.1 Å². The molecule has 5 nitrogen and oxygen atoms in total. The number of guanidine groups is 1. The van der Waals surface area contributed by atoms with Gasteiger partial charge in [0.1, 0.15) is 0 Å². The van der Waals surface area contributed by atoms with E-state index in [1.54, 1.807) is 7.05 Å². The number of amides is 1. The Morgan fingerprint density at radius 1 is 1.14 bits per heavy atom. The molecule has 0 fully saturated rings. The second kappa shape index (κ2) is 10.5. The SMILES string of the molecule is CN=C(NCC(=O)N1CCc2ccccc2C1)N(C)Cc1ccc(C)cc1.I. The summed E-state index contributed by atoms with van der Waals surface area (Å²) in [6, 6.07) is 16.8. The highest BCUT2D eigenvalue weighted by atomic mass is 127. The lowest BCUT2D eigenvalue weighted by Gasteiger charge is -2.29. The number of halogens is 1. The van der Waals surface area contributed by atoms with Crippen molar-refractivity contribution in [3.8, 4) is 0 Å². The summed E-state index contributed by atoms with van der Waals surface area (Å²) >= 11 is 0. The van der Waals surface area contributed by atoms with Crippen molar-refractivity contribution < 1.29 is 4.79 Å². The summed E-state index contributed by atoms with van der Waals surface area (Å²) in [5.74, 6) is 0.829. The van der Waals surface area contributed by atoms with Crippen LogP contribution in [-0.4, -0.2) is 48.9 Å². The second-order valence-electron chi connectivity index (χ2n) is 7.08. The van der Waals surface area contributed by atoms with Crippen LogP contribution < -0.4 is 5.32 Å². The number of aliphatic imine (C=N–C) groups is 1. The number of rotatable bonds is 4. The van der Waals surface area contributed by atoms with Crippen molar-refractivity contribution in [3.05, 3.63) is 70.8 Å². The van der Waals surface area contributed by atoms with Gasteiger partial charge in [0.25, 0.3) is 0 Å². The fraction of sp³-hybridized carbons (Fsp3) is 0.364. The third-order valence-electron chi connectivity index (χ3n) is 4.99. The molecule has 0 saturated heterocycles. The van der Waals surface area contributed by atoms with Crippen LogP contribution in [0.3, 0.4) is 0 Å². The Morgan fingerprint density at radius 2 is 1.82 bits per heavy atom. The van der Waals surface area contributed by atoms with Crippen LogP contribution in [0.2, 0.25) is 0 Å². The van der Waals surface area contributed by atoms with Gasteiger partial charge in [0, 0.05) is 33.7 Å². The zero-order valence-electron chi connectivity index (χ0n) is 16.8. The number of hydrogen-bond donors (Lipinski definition) is 1. The highest BCUT2D eigenvalue weighted by Gasteiger charge is 2.20. The molecule has 0 saturated carbocycles. The van der Waals surface area contributed by atoms with Crippen LogP contribution in [0.5, 0.6) is 0 Å². The summed E-state index contributed by atoms with van der Waals surface area (Å²) in [6.45, 7) is 4.54. The zero-order valence-corrected chi connectivity index (χ0v) is 19.1. The Morgan fingerprint density at radius 3 is 2.50 bits per heavy atom. The van der Waals surface area contributed by atoms with Gasteiger partial charge >= 0.3 is 0 Å². The molecule has 0 radical (unpaired) electrons. The number of nitrogens with one attached hydrogen (secondary N) is 1. The fourth-order valence-electron chi connectivity index (χ4n) is 3.40. The summed E-state index contributed by atoms with van der Waals surface area (Å²) in [4.78, 5) is 20.9. The van der Waals surface area contributed by atoms with Gasteiger partial charge in [0.05, 0.1) is 6.54 Å². The van der Waals surface area contributed by atoms with E-state index in [4.69, 9.17) is 0 Å². The minimum atomic E-state index is 0. The van der Waals surface area contributed by atoms with E-state index < -0.39 is 0 Å². The molecule has 2 aromatic carbocycles. The van der Waals surface area contributed by atoms with E-state index in [0.717, 1.165) is 25.5 Å². The van der Waals surface area contributed by atoms with E-state index in [9.17, 15) is 4.79 Å². The van der Waals surface area contributed by atoms with Crippen molar-refractivity contribution in [1.82, 2.24) is 15.1 Å². The number of aryl methyl sites for hydroxylation is 1. The van der Waals surface area contributed by atoms with Gasteiger partial charge in [0.2, 0.25) is 5.91 Å². The minimum absolute atomic E-state index is 0. The fourth-order valence-corrected chi connectivity index (χ4v) is 3.40. The average Bonchev–Trinajstić information content (AvgIpc) is 2.69. The van der Waals surface area contributed by atoms with Gasteiger partial charge in [-0.2, -0.15) is 0 Å². The topological polar surface area (TPSA) is 47.9 Å². The molecule has 28 heavy (non-hydrogen) atoms. The molecular formula is C22H29IN4O. The molecular weight excluding hydrogens is 463 g/mol. The molecule has 1 N–H and O–H groups in total. The van der Waals surface area contributed by atoms with E-state index in [1.165, 1.54) is 22.3 Å². The smallest absolute Gasteiger partial charge is 0.242 e. The van der Waals surface area contributed by atoms with E-state index in [-0.39, 0.29) is 36.4 Å². The van der Waals surface area contributed by atoms with Gasteiger partial charge in [-0.25, -0.2) is 0 Å². The Hall–Kier alpha value is -2.09. The summed E-state index contributed by atoms with van der Waals surface area (Å²) in [6.07, 6.45) is 0.921. The Bertz CT molecular complexity index is 820. The quantitative estimate of drug-likeness (QED) is 0.405. The Labute approximate surface area is 184 Å². The van der Waals surface area contributed by atoms with E-state index in [0.29, 0.717) is 6.54 Å². The van der Waals surface area contributed by atoms with Gasteiger partial charge < -0.3 is 15.1 Å². The third kappa shape index (κ3) is 5.70. The molecule has 0 aliphatic carbocycles. The highest BCUT2D eigenvalue weighted by Crippen LogP contribution is 2.18. The summed E-state index contributed by atoms with van der Waals surface area (Å²) in [5, 5.41) is 3.21. The molecule has 6 heteroatoms. The second-order valence-corrected chi connectivity index (χ2v) is 7.08. The molecule has 0 bridgehead atoms. The van der Waals surface area contributed by atoms with Crippen LogP contribution in [-0.2, 0) is 24.3 Å². The predicted octanol–water partition coefficient (Wildman–Crippen LogP) is 3.21. The maximum Gasteiger partial charge on any atom is 0.242 e. The maximum absolute atomic E-state index is 12.6. The molecule has 0 spiro atoms. The average molecular weight is 492 g/mol. The lowest BCUT2D eigenvalue weighted by Crippen LogP contribution is -2.46. The minimum Gasteiger partial charge on any atom is -0.347 e. The number of hydrogen-bond acceptors (Lipinski definition) is 2. The number of carbonyl (C=O) groups is 1. The van der Waals surface area contributed by atoms with E-state index >= 15 is 0 Å². The van der Waals surface area contributed by atoms with Crippen molar-refractivity contribution in [1.29, 1.82) is 0 Å². The van der Waals surface area contributed by atoms with Gasteiger partial charge in [-0.15, -0.1) is 24.0 Å². The highest BCUT2D eigenvalue weighted by molar-refractivity contribution is 14.0. The lowest BCUT2D eigenvalue weighted by molar-refractivity contribution is -0.130. The van der Waals surface area contributed by atoms with E-state index in [2.05, 4.69) is 59.7 Å². The third-order valence-corrected chi connectivity index (χ3v) is 4.99. The van der Waals surface area contributed by atoms with Crippen molar-refractivity contribution in [2.75, 3.05) is 27.2 Å². The number of fused-ring (bicyclic) bond motifs is 1. The number of nitrogens with zero attached hydrogens (tertiary/aromatic N) is 3. The lowest BCUT2D eigenvalue weighted by atomic mass is 10.00. The van der Waals surface area contributed by atoms with Crippen LogP contribution in [0.4, 0.5) is 0 Å². The van der Waals surface area contributed by atoms with Gasteiger partial charge in [-0.05, 0) is 30.0 Å². The Kier molecular flexibility index (Phi) is 8.29. The molecule has 2 aromatic rings. The first-order valence-corrected chi connectivity index (χ1v) is 9.38. The molecule has 1 heterocycles. The number of carbonyl (C=O) groups excluding carboxylic acids is 1. The first kappa shape index (κ1) is 22.2. The van der Waals surface area contributed by atoms with E-state index in [1.807, 2.05) is 22.9 Å². The molecule has 0 unspecified atom stereocenters. The van der Waals surface area contributed by atoms with Crippen LogP contribution in [0, 0.1) is 6.92 Å². The van der Waals surface area contributed by atoms with Crippen molar-refractivity contribution >= 4 is 35.8 Å². The molecule has 0 aromatic heterocycles. The predicted molar refractivity (Wildman–Crippen MR) is 125 cm³/mol. The molecule has 0 atom stereocenters. The molecule has 1 aliphatic heterocycles. The van der Waals surface area contributed by atoms with Crippen molar-refractivity contribution in [2.45, 2.75) is 26.4 Å². The first-order chi connectivity index (χ1) is 13.1. The monoisotopic (exact) mass is 492 g/mol. The summed E-state index contributed by atoms with van der Waals surface area (Å²) in [7, 11) is 3.73. The van der Waals surface area contributed by atoms with Gasteiger partial charge in [-0.3, -0.25) is 9.79 Å². The number of benzene rings is 2. The first-order valence-electron chi connectivity index (χ1n) is 9.38. The molecule has 1 aliphatic rings.